The van der Waals surface area contributed by atoms with Crippen LogP contribution in [0.3, 0.4) is 0 Å². The van der Waals surface area contributed by atoms with Gasteiger partial charge in [0.05, 0.1) is 6.04 Å². The molecular weight excluding hydrogens is 408 g/mol. The maximum absolute atomic E-state index is 13.1. The molecule has 4 aliphatic rings. The molecule has 4 nitrogen and oxygen atoms in total. The molecule has 2 aromatic carbocycles. The molecule has 2 aromatic rings. The van der Waals surface area contributed by atoms with Gasteiger partial charge in [-0.2, -0.15) is 0 Å². The van der Waals surface area contributed by atoms with Crippen LogP contribution in [0.1, 0.15) is 69.2 Å². The number of hydrogen-bond donors (Lipinski definition) is 1. The van der Waals surface area contributed by atoms with E-state index in [1.165, 1.54) is 27.8 Å². The Bertz CT molecular complexity index is 1000. The topological polar surface area (TPSA) is 41.6 Å². The largest absolute Gasteiger partial charge is 0.445 e. The maximum Gasteiger partial charge on any atom is 0.407 e. The number of nitrogens with zero attached hydrogens (tertiary/aromatic N) is 1. The summed E-state index contributed by atoms with van der Waals surface area (Å²) in [5.74, 6) is 0.528. The van der Waals surface area contributed by atoms with E-state index >= 15 is 0 Å². The second-order valence-corrected chi connectivity index (χ2v) is 10.4. The lowest BCUT2D eigenvalue weighted by Crippen LogP contribution is -2.53. The number of rotatable bonds is 6. The Morgan fingerprint density at radius 1 is 1.06 bits per heavy atom. The molecule has 1 unspecified atom stereocenters. The molecule has 6 rings (SSSR count). The Balaban J connectivity index is 1.38. The summed E-state index contributed by atoms with van der Waals surface area (Å²) in [5.41, 5.74) is 6.57. The molecule has 176 valence electrons. The van der Waals surface area contributed by atoms with Gasteiger partial charge in [-0.05, 0) is 90.8 Å². The van der Waals surface area contributed by atoms with Crippen molar-refractivity contribution in [1.82, 2.24) is 10.2 Å². The molecule has 2 atom stereocenters. The van der Waals surface area contributed by atoms with Crippen LogP contribution in [-0.4, -0.2) is 36.7 Å². The molecule has 1 amide bonds. The van der Waals surface area contributed by atoms with Crippen LogP contribution in [-0.2, 0) is 17.6 Å². The summed E-state index contributed by atoms with van der Waals surface area (Å²) in [4.78, 5) is 15.5. The predicted octanol–water partition coefficient (Wildman–Crippen LogP) is 6.14. The number of nitrogens with one attached hydrogen (secondary N) is 1. The highest BCUT2D eigenvalue weighted by Gasteiger charge is 2.45. The average Bonchev–Trinajstić information content (AvgIpc) is 3.17. The van der Waals surface area contributed by atoms with Gasteiger partial charge in [0.25, 0.3) is 0 Å². The maximum atomic E-state index is 13.1. The van der Waals surface area contributed by atoms with Gasteiger partial charge in [0.1, 0.15) is 6.10 Å². The monoisotopic (exact) mass is 446 g/mol. The number of hydrogen-bond acceptors (Lipinski definition) is 3. The molecule has 4 heteroatoms. The van der Waals surface area contributed by atoms with Crippen LogP contribution in [0.5, 0.6) is 0 Å². The van der Waals surface area contributed by atoms with Crippen molar-refractivity contribution in [1.29, 1.82) is 0 Å². The highest BCUT2D eigenvalue weighted by Crippen LogP contribution is 2.51. The van der Waals surface area contributed by atoms with E-state index in [1.54, 1.807) is 0 Å². The van der Waals surface area contributed by atoms with Gasteiger partial charge in [0.2, 0.25) is 0 Å². The molecule has 0 aromatic heterocycles. The van der Waals surface area contributed by atoms with E-state index in [2.05, 4.69) is 73.5 Å². The van der Waals surface area contributed by atoms with Gasteiger partial charge in [-0.1, -0.05) is 63.2 Å². The van der Waals surface area contributed by atoms with E-state index < -0.39 is 0 Å². The average molecular weight is 447 g/mol. The van der Waals surface area contributed by atoms with E-state index in [0.717, 1.165) is 58.2 Å². The summed E-state index contributed by atoms with van der Waals surface area (Å²) in [6, 6.07) is 15.7. The van der Waals surface area contributed by atoms with Gasteiger partial charge >= 0.3 is 6.09 Å². The van der Waals surface area contributed by atoms with Crippen LogP contribution >= 0.6 is 0 Å². The number of fused-ring (bicyclic) bond motifs is 4. The molecular formula is C29H38N2O2. The molecule has 0 saturated carbocycles. The van der Waals surface area contributed by atoms with Gasteiger partial charge in [-0.15, -0.1) is 0 Å². The first kappa shape index (κ1) is 22.5. The van der Waals surface area contributed by atoms with Crippen LogP contribution < -0.4 is 5.32 Å². The second-order valence-electron chi connectivity index (χ2n) is 10.4. The lowest BCUT2D eigenvalue weighted by atomic mass is 9.76. The quantitative estimate of drug-likeness (QED) is 0.579. The van der Waals surface area contributed by atoms with Gasteiger partial charge in [-0.25, -0.2) is 4.79 Å². The Hall–Kier alpha value is -2.33. The van der Waals surface area contributed by atoms with Crippen molar-refractivity contribution in [3.05, 3.63) is 59.2 Å². The summed E-state index contributed by atoms with van der Waals surface area (Å²) in [7, 11) is 0. The van der Waals surface area contributed by atoms with Crippen LogP contribution in [0.4, 0.5) is 4.79 Å². The fourth-order valence-corrected chi connectivity index (χ4v) is 6.47. The Morgan fingerprint density at radius 3 is 2.48 bits per heavy atom. The van der Waals surface area contributed by atoms with E-state index in [0.29, 0.717) is 5.92 Å². The highest BCUT2D eigenvalue weighted by molar-refractivity contribution is 5.70. The SMILES string of the molecule is CCc1cccc(-c2ccc3c(c2)CC(CC)(CC)C3NC(=O)O[C@H]2CN3CCC2CC3)c1. The summed E-state index contributed by atoms with van der Waals surface area (Å²) in [6.07, 6.45) is 6.22. The Kier molecular flexibility index (Phi) is 6.22. The molecule has 0 spiro atoms. The molecule has 3 fully saturated rings. The van der Waals surface area contributed by atoms with Crippen molar-refractivity contribution >= 4 is 6.09 Å². The summed E-state index contributed by atoms with van der Waals surface area (Å²) < 4.78 is 6.01. The van der Waals surface area contributed by atoms with Gasteiger partial charge in [0.15, 0.2) is 0 Å². The van der Waals surface area contributed by atoms with Crippen molar-refractivity contribution in [2.75, 3.05) is 19.6 Å². The number of piperidine rings is 3. The first-order valence-electron chi connectivity index (χ1n) is 13.0. The number of aryl methyl sites for hydroxylation is 1. The number of carbonyl (C=O) groups is 1. The minimum Gasteiger partial charge on any atom is -0.445 e. The first-order valence-corrected chi connectivity index (χ1v) is 13.0. The smallest absolute Gasteiger partial charge is 0.407 e. The molecule has 0 radical (unpaired) electrons. The molecule has 3 heterocycles. The minimum atomic E-state index is -0.238. The van der Waals surface area contributed by atoms with Crippen LogP contribution in [0, 0.1) is 11.3 Å². The fourth-order valence-electron chi connectivity index (χ4n) is 6.47. The number of benzene rings is 2. The molecule has 2 bridgehead atoms. The fraction of sp³-hybridized carbons (Fsp3) is 0.552. The second kappa shape index (κ2) is 9.13. The third kappa shape index (κ3) is 4.19. The normalized spacial score (nSPS) is 27.2. The standard InChI is InChI=1S/C29H38N2O2/c1-4-20-8-7-9-22(16-20)23-10-11-25-24(17-23)18-29(5-2,6-3)27(25)30-28(32)33-26-19-31-14-12-21(26)13-15-31/h7-11,16-17,21,26-27H,4-6,12-15,18-19H2,1-3H3,(H,30,32)/t26-,27?/m0/s1. The summed E-state index contributed by atoms with van der Waals surface area (Å²) in [5, 5.41) is 3.33. The molecule has 33 heavy (non-hydrogen) atoms. The van der Waals surface area contributed by atoms with E-state index in [1.807, 2.05) is 0 Å². The zero-order chi connectivity index (χ0) is 23.0. The Morgan fingerprint density at radius 2 is 1.82 bits per heavy atom. The number of alkyl carbamates (subject to hydrolysis) is 1. The van der Waals surface area contributed by atoms with Gasteiger partial charge in [-0.3, -0.25) is 4.90 Å². The zero-order valence-corrected chi connectivity index (χ0v) is 20.4. The molecule has 1 N–H and O–H groups in total. The summed E-state index contributed by atoms with van der Waals surface area (Å²) in [6.45, 7) is 9.92. The minimum absolute atomic E-state index is 0.00658. The van der Waals surface area contributed by atoms with Crippen LogP contribution in [0.15, 0.2) is 42.5 Å². The third-order valence-corrected chi connectivity index (χ3v) is 8.80. The van der Waals surface area contributed by atoms with Crippen molar-refractivity contribution < 1.29 is 9.53 Å². The lowest BCUT2D eigenvalue weighted by Gasteiger charge is -2.44. The zero-order valence-electron chi connectivity index (χ0n) is 20.4. The third-order valence-electron chi connectivity index (χ3n) is 8.80. The van der Waals surface area contributed by atoms with Crippen molar-refractivity contribution in [3.63, 3.8) is 0 Å². The molecule has 3 aliphatic heterocycles. The Labute approximate surface area is 198 Å². The number of amides is 1. The molecule has 1 aliphatic carbocycles. The van der Waals surface area contributed by atoms with Crippen molar-refractivity contribution in [2.45, 2.75) is 71.4 Å². The van der Waals surface area contributed by atoms with Gasteiger partial charge in [0, 0.05) is 6.54 Å². The van der Waals surface area contributed by atoms with Crippen molar-refractivity contribution in [2.24, 2.45) is 11.3 Å². The van der Waals surface area contributed by atoms with E-state index in [9.17, 15) is 4.79 Å². The van der Waals surface area contributed by atoms with E-state index in [-0.39, 0.29) is 23.7 Å². The first-order chi connectivity index (χ1) is 16.0. The number of carbonyl (C=O) groups excluding carboxylic acids is 1. The van der Waals surface area contributed by atoms with Crippen LogP contribution in [0.2, 0.25) is 0 Å². The van der Waals surface area contributed by atoms with E-state index in [4.69, 9.17) is 4.74 Å². The highest BCUT2D eigenvalue weighted by atomic mass is 16.6. The van der Waals surface area contributed by atoms with Crippen LogP contribution in [0.25, 0.3) is 11.1 Å². The summed E-state index contributed by atoms with van der Waals surface area (Å²) >= 11 is 0. The lowest BCUT2D eigenvalue weighted by molar-refractivity contribution is -0.0353. The van der Waals surface area contributed by atoms with Crippen molar-refractivity contribution in [3.8, 4) is 11.1 Å². The number of ether oxygens (including phenoxy) is 1. The van der Waals surface area contributed by atoms with Gasteiger partial charge < -0.3 is 10.1 Å². The molecule has 3 saturated heterocycles. The predicted molar refractivity (Wildman–Crippen MR) is 133 cm³/mol.